The molecule has 96 valence electrons. The molecule has 0 radical (unpaired) electrons. The number of fused-ring (bicyclic) bond motifs is 1. The fraction of sp³-hybridized carbons (Fsp3) is 0.500. The van der Waals surface area contributed by atoms with Gasteiger partial charge in [0.1, 0.15) is 11.4 Å². The predicted octanol–water partition coefficient (Wildman–Crippen LogP) is 3.30. The van der Waals surface area contributed by atoms with Gasteiger partial charge in [-0.15, -0.1) is 0 Å². The SMILES string of the molecule is Cc1cc(C)c2c(c1C)OC1(CCC1)C(CO)=C2. The van der Waals surface area contributed by atoms with E-state index in [0.717, 1.165) is 29.7 Å². The lowest BCUT2D eigenvalue weighted by molar-refractivity contribution is 0.0164. The monoisotopic (exact) mass is 244 g/mol. The van der Waals surface area contributed by atoms with Gasteiger partial charge in [0.2, 0.25) is 0 Å². The van der Waals surface area contributed by atoms with E-state index in [4.69, 9.17) is 4.74 Å². The molecule has 0 amide bonds. The average molecular weight is 244 g/mol. The van der Waals surface area contributed by atoms with Crippen molar-refractivity contribution in [2.24, 2.45) is 0 Å². The summed E-state index contributed by atoms with van der Waals surface area (Å²) in [4.78, 5) is 0. The molecule has 2 nitrogen and oxygen atoms in total. The zero-order chi connectivity index (χ0) is 12.9. The molecule has 1 N–H and O–H groups in total. The number of aliphatic hydroxyl groups excluding tert-OH is 1. The van der Waals surface area contributed by atoms with E-state index in [0.29, 0.717) is 0 Å². The van der Waals surface area contributed by atoms with Crippen LogP contribution in [-0.4, -0.2) is 17.3 Å². The number of hydrogen-bond acceptors (Lipinski definition) is 2. The maximum Gasteiger partial charge on any atom is 0.133 e. The molecule has 2 heteroatoms. The lowest BCUT2D eigenvalue weighted by Crippen LogP contribution is -2.47. The summed E-state index contributed by atoms with van der Waals surface area (Å²) < 4.78 is 6.32. The van der Waals surface area contributed by atoms with Crippen LogP contribution >= 0.6 is 0 Å². The number of aryl methyl sites for hydroxylation is 2. The molecule has 1 aliphatic carbocycles. The first-order valence-electron chi connectivity index (χ1n) is 6.69. The molecular formula is C16H20O2. The quantitative estimate of drug-likeness (QED) is 0.821. The summed E-state index contributed by atoms with van der Waals surface area (Å²) in [6, 6.07) is 2.20. The molecule has 1 spiro atoms. The third-order valence-electron chi connectivity index (χ3n) is 4.57. The Hall–Kier alpha value is -1.28. The summed E-state index contributed by atoms with van der Waals surface area (Å²) in [5.41, 5.74) is 5.74. The lowest BCUT2D eigenvalue weighted by Gasteiger charge is -2.46. The summed E-state index contributed by atoms with van der Waals surface area (Å²) in [5.74, 6) is 1.03. The molecule has 1 aromatic carbocycles. The van der Waals surface area contributed by atoms with E-state index in [-0.39, 0.29) is 12.2 Å². The van der Waals surface area contributed by atoms with Gasteiger partial charge in [-0.25, -0.2) is 0 Å². The van der Waals surface area contributed by atoms with E-state index in [2.05, 4.69) is 32.9 Å². The van der Waals surface area contributed by atoms with Crippen LogP contribution in [0.1, 0.15) is 41.5 Å². The van der Waals surface area contributed by atoms with E-state index in [1.807, 2.05) is 0 Å². The molecular weight excluding hydrogens is 224 g/mol. The molecule has 0 bridgehead atoms. The molecule has 0 unspecified atom stereocenters. The van der Waals surface area contributed by atoms with Crippen molar-refractivity contribution in [2.45, 2.75) is 45.6 Å². The third kappa shape index (κ3) is 1.45. The van der Waals surface area contributed by atoms with Crippen LogP contribution in [0.3, 0.4) is 0 Å². The summed E-state index contributed by atoms with van der Waals surface area (Å²) in [7, 11) is 0. The number of rotatable bonds is 1. The Bertz CT molecular complexity index is 537. The maximum atomic E-state index is 9.58. The van der Waals surface area contributed by atoms with Gasteiger partial charge in [-0.2, -0.15) is 0 Å². The predicted molar refractivity (Wildman–Crippen MR) is 72.9 cm³/mol. The smallest absolute Gasteiger partial charge is 0.133 e. The van der Waals surface area contributed by atoms with Gasteiger partial charge >= 0.3 is 0 Å². The van der Waals surface area contributed by atoms with Crippen LogP contribution in [-0.2, 0) is 0 Å². The molecule has 1 saturated carbocycles. The molecule has 1 heterocycles. The first-order valence-corrected chi connectivity index (χ1v) is 6.69. The normalized spacial score (nSPS) is 19.9. The minimum Gasteiger partial charge on any atom is -0.482 e. The topological polar surface area (TPSA) is 29.5 Å². The first-order chi connectivity index (χ1) is 8.57. The summed E-state index contributed by atoms with van der Waals surface area (Å²) >= 11 is 0. The Morgan fingerprint density at radius 1 is 1.22 bits per heavy atom. The zero-order valence-corrected chi connectivity index (χ0v) is 11.3. The molecule has 1 fully saturated rings. The Morgan fingerprint density at radius 3 is 2.50 bits per heavy atom. The molecule has 3 rings (SSSR count). The second-order valence-corrected chi connectivity index (χ2v) is 5.66. The van der Waals surface area contributed by atoms with Gasteiger partial charge in [-0.3, -0.25) is 0 Å². The first kappa shape index (κ1) is 11.8. The van der Waals surface area contributed by atoms with E-state index in [1.54, 1.807) is 0 Å². The minimum atomic E-state index is -0.202. The van der Waals surface area contributed by atoms with E-state index < -0.39 is 0 Å². The molecule has 0 saturated heterocycles. The fourth-order valence-corrected chi connectivity index (χ4v) is 3.06. The van der Waals surface area contributed by atoms with Crippen molar-refractivity contribution in [3.8, 4) is 5.75 Å². The highest BCUT2D eigenvalue weighted by atomic mass is 16.5. The van der Waals surface area contributed by atoms with Crippen LogP contribution in [0.15, 0.2) is 11.6 Å². The summed E-state index contributed by atoms with van der Waals surface area (Å²) in [6.45, 7) is 6.47. The van der Waals surface area contributed by atoms with Crippen molar-refractivity contribution in [2.75, 3.05) is 6.61 Å². The van der Waals surface area contributed by atoms with Crippen molar-refractivity contribution in [3.63, 3.8) is 0 Å². The van der Waals surface area contributed by atoms with Gasteiger partial charge in [-0.05, 0) is 68.4 Å². The molecule has 0 atom stereocenters. The molecule has 2 aliphatic rings. The van der Waals surface area contributed by atoms with Crippen molar-refractivity contribution >= 4 is 6.08 Å². The van der Waals surface area contributed by atoms with Gasteiger partial charge < -0.3 is 9.84 Å². The Morgan fingerprint density at radius 2 is 1.94 bits per heavy atom. The molecule has 1 aromatic rings. The van der Waals surface area contributed by atoms with Gasteiger partial charge in [0.25, 0.3) is 0 Å². The summed E-state index contributed by atoms with van der Waals surface area (Å²) in [5, 5.41) is 9.58. The van der Waals surface area contributed by atoms with Crippen LogP contribution in [0, 0.1) is 20.8 Å². The minimum absolute atomic E-state index is 0.103. The highest BCUT2D eigenvalue weighted by Gasteiger charge is 2.45. The lowest BCUT2D eigenvalue weighted by atomic mass is 9.72. The van der Waals surface area contributed by atoms with Gasteiger partial charge in [-0.1, -0.05) is 6.07 Å². The van der Waals surface area contributed by atoms with Crippen LogP contribution in [0.25, 0.3) is 6.08 Å². The van der Waals surface area contributed by atoms with Crippen LogP contribution in [0.5, 0.6) is 5.75 Å². The summed E-state index contributed by atoms with van der Waals surface area (Å²) in [6.07, 6.45) is 5.41. The number of aliphatic hydroxyl groups is 1. The maximum absolute atomic E-state index is 9.58. The van der Waals surface area contributed by atoms with E-state index >= 15 is 0 Å². The van der Waals surface area contributed by atoms with E-state index in [1.165, 1.54) is 23.1 Å². The van der Waals surface area contributed by atoms with Crippen molar-refractivity contribution in [1.82, 2.24) is 0 Å². The Kier molecular flexibility index (Phi) is 2.53. The number of ether oxygens (including phenoxy) is 1. The average Bonchev–Trinajstić information content (AvgIpc) is 2.32. The Labute approximate surface area is 108 Å². The molecule has 18 heavy (non-hydrogen) atoms. The van der Waals surface area contributed by atoms with Gasteiger partial charge in [0, 0.05) is 5.56 Å². The van der Waals surface area contributed by atoms with Crippen LogP contribution in [0.2, 0.25) is 0 Å². The van der Waals surface area contributed by atoms with Crippen LogP contribution < -0.4 is 4.74 Å². The van der Waals surface area contributed by atoms with Gasteiger partial charge in [0.05, 0.1) is 6.61 Å². The standard InChI is InChI=1S/C16H20O2/c1-10-7-11(2)14-8-13(9-17)16(5-4-6-16)18-15(14)12(10)3/h7-8,17H,4-6,9H2,1-3H3. The number of hydrogen-bond donors (Lipinski definition) is 1. The largest absolute Gasteiger partial charge is 0.482 e. The third-order valence-corrected chi connectivity index (χ3v) is 4.57. The van der Waals surface area contributed by atoms with Gasteiger partial charge in [0.15, 0.2) is 0 Å². The molecule has 0 aromatic heterocycles. The zero-order valence-electron chi connectivity index (χ0n) is 11.3. The van der Waals surface area contributed by atoms with Crippen molar-refractivity contribution in [1.29, 1.82) is 0 Å². The van der Waals surface area contributed by atoms with Crippen molar-refractivity contribution < 1.29 is 9.84 Å². The second kappa shape index (κ2) is 3.86. The van der Waals surface area contributed by atoms with Crippen LogP contribution in [0.4, 0.5) is 0 Å². The highest BCUT2D eigenvalue weighted by molar-refractivity contribution is 5.70. The fourth-order valence-electron chi connectivity index (χ4n) is 3.06. The second-order valence-electron chi connectivity index (χ2n) is 5.66. The van der Waals surface area contributed by atoms with Crippen molar-refractivity contribution in [3.05, 3.63) is 33.9 Å². The van der Waals surface area contributed by atoms with E-state index in [9.17, 15) is 5.11 Å². The molecule has 1 aliphatic heterocycles. The Balaban J connectivity index is 2.20. The highest BCUT2D eigenvalue weighted by Crippen LogP contribution is 2.49. The number of benzene rings is 1.